The zero-order valence-corrected chi connectivity index (χ0v) is 7.59. The fourth-order valence-electron chi connectivity index (χ4n) is 1.40. The normalized spacial score (nSPS) is 10.6. The first kappa shape index (κ1) is 7.98. The first-order chi connectivity index (χ1) is 6.18. The van der Waals surface area contributed by atoms with Gasteiger partial charge in [0.05, 0.1) is 5.39 Å². The van der Waals surface area contributed by atoms with Crippen LogP contribution in [0.25, 0.3) is 10.8 Å². The highest BCUT2D eigenvalue weighted by molar-refractivity contribution is 5.83. The average Bonchev–Trinajstić information content (AvgIpc) is 2.12. The molecule has 0 aliphatic carbocycles. The second-order valence-corrected chi connectivity index (χ2v) is 3.17. The third kappa shape index (κ3) is 1.22. The summed E-state index contributed by atoms with van der Waals surface area (Å²) in [4.78, 5) is 18.1. The molecule has 2 aromatic rings. The predicted octanol–water partition coefficient (Wildman–Crippen LogP) is 1.54. The molecule has 2 rings (SSSR count). The van der Waals surface area contributed by atoms with Gasteiger partial charge in [-0.15, -0.1) is 0 Å². The number of aryl methyl sites for hydroxylation is 2. The minimum absolute atomic E-state index is 0.0758. The van der Waals surface area contributed by atoms with E-state index in [9.17, 15) is 4.79 Å². The molecule has 0 saturated heterocycles. The van der Waals surface area contributed by atoms with E-state index in [4.69, 9.17) is 0 Å². The third-order valence-corrected chi connectivity index (χ3v) is 2.13. The topological polar surface area (TPSA) is 45.8 Å². The Bertz CT molecular complexity index is 514. The van der Waals surface area contributed by atoms with Crippen LogP contribution in [0.1, 0.15) is 11.3 Å². The minimum atomic E-state index is -0.0758. The van der Waals surface area contributed by atoms with Gasteiger partial charge in [0.1, 0.15) is 0 Å². The molecule has 0 bridgehead atoms. The van der Waals surface area contributed by atoms with Gasteiger partial charge in [-0.3, -0.25) is 9.78 Å². The quantitative estimate of drug-likeness (QED) is 0.658. The monoisotopic (exact) mass is 174 g/mol. The molecule has 66 valence electrons. The van der Waals surface area contributed by atoms with E-state index < -0.39 is 0 Å². The molecular formula is C10H10N2O. The highest BCUT2D eigenvalue weighted by Crippen LogP contribution is 2.12. The van der Waals surface area contributed by atoms with E-state index in [0.29, 0.717) is 5.39 Å². The molecule has 2 aromatic heterocycles. The Labute approximate surface area is 75.4 Å². The van der Waals surface area contributed by atoms with Crippen molar-refractivity contribution in [1.29, 1.82) is 0 Å². The van der Waals surface area contributed by atoms with Gasteiger partial charge in [0.2, 0.25) is 0 Å². The van der Waals surface area contributed by atoms with Gasteiger partial charge in [0.25, 0.3) is 5.56 Å². The molecule has 0 aromatic carbocycles. The molecule has 0 atom stereocenters. The smallest absolute Gasteiger partial charge is 0.257 e. The number of nitrogens with zero attached hydrogens (tertiary/aromatic N) is 1. The number of nitrogens with one attached hydrogen (secondary N) is 1. The van der Waals surface area contributed by atoms with E-state index in [2.05, 4.69) is 9.97 Å². The summed E-state index contributed by atoms with van der Waals surface area (Å²) < 4.78 is 0. The van der Waals surface area contributed by atoms with E-state index in [1.807, 2.05) is 19.9 Å². The molecule has 0 unspecified atom stereocenters. The van der Waals surface area contributed by atoms with Crippen molar-refractivity contribution >= 4 is 10.8 Å². The van der Waals surface area contributed by atoms with Crippen molar-refractivity contribution in [3.05, 3.63) is 40.1 Å². The van der Waals surface area contributed by atoms with Crippen LogP contribution >= 0.6 is 0 Å². The van der Waals surface area contributed by atoms with Gasteiger partial charge >= 0.3 is 0 Å². The first-order valence-electron chi connectivity index (χ1n) is 4.13. The van der Waals surface area contributed by atoms with Crippen molar-refractivity contribution in [3.63, 3.8) is 0 Å². The Morgan fingerprint density at radius 1 is 1.31 bits per heavy atom. The largest absolute Gasteiger partial charge is 0.328 e. The minimum Gasteiger partial charge on any atom is -0.328 e. The number of aromatic nitrogens is 2. The Morgan fingerprint density at radius 2 is 2.08 bits per heavy atom. The second kappa shape index (κ2) is 2.69. The maximum Gasteiger partial charge on any atom is 0.257 e. The lowest BCUT2D eigenvalue weighted by atomic mass is 10.1. The van der Waals surface area contributed by atoms with E-state index in [0.717, 1.165) is 16.6 Å². The molecule has 0 aliphatic rings. The fourth-order valence-corrected chi connectivity index (χ4v) is 1.40. The molecule has 0 saturated carbocycles. The molecule has 0 spiro atoms. The third-order valence-electron chi connectivity index (χ3n) is 2.13. The van der Waals surface area contributed by atoms with E-state index in [1.165, 1.54) is 0 Å². The summed E-state index contributed by atoms with van der Waals surface area (Å²) in [6.45, 7) is 3.89. The number of H-pyrrole nitrogens is 1. The summed E-state index contributed by atoms with van der Waals surface area (Å²) >= 11 is 0. The molecule has 0 fully saturated rings. The van der Waals surface area contributed by atoms with Gasteiger partial charge in [-0.25, -0.2) is 0 Å². The van der Waals surface area contributed by atoms with Crippen molar-refractivity contribution in [2.45, 2.75) is 13.8 Å². The van der Waals surface area contributed by atoms with Gasteiger partial charge in [0, 0.05) is 18.1 Å². The van der Waals surface area contributed by atoms with Crippen LogP contribution in [-0.2, 0) is 0 Å². The standard InChI is InChI=1S/C10H10N2O/c1-6-4-12-10(13)9-5-11-7(2)3-8(6)9/h3-5H,1-2H3,(H,12,13). The van der Waals surface area contributed by atoms with Crippen molar-refractivity contribution in [2.75, 3.05) is 0 Å². The van der Waals surface area contributed by atoms with Gasteiger partial charge in [-0.1, -0.05) is 0 Å². The molecule has 0 aliphatic heterocycles. The van der Waals surface area contributed by atoms with Crippen molar-refractivity contribution in [1.82, 2.24) is 9.97 Å². The van der Waals surface area contributed by atoms with Crippen LogP contribution in [0.3, 0.4) is 0 Å². The van der Waals surface area contributed by atoms with E-state index in [-0.39, 0.29) is 5.56 Å². The highest BCUT2D eigenvalue weighted by Gasteiger charge is 2.01. The Hall–Kier alpha value is -1.64. The molecule has 3 nitrogen and oxygen atoms in total. The number of rotatable bonds is 0. The predicted molar refractivity (Wildman–Crippen MR) is 51.8 cm³/mol. The number of hydrogen-bond donors (Lipinski definition) is 1. The molecule has 0 amide bonds. The molecular weight excluding hydrogens is 164 g/mol. The molecule has 1 N–H and O–H groups in total. The molecule has 3 heteroatoms. The Morgan fingerprint density at radius 3 is 2.85 bits per heavy atom. The summed E-state index contributed by atoms with van der Waals surface area (Å²) in [7, 11) is 0. The second-order valence-electron chi connectivity index (χ2n) is 3.17. The van der Waals surface area contributed by atoms with Gasteiger partial charge < -0.3 is 4.98 Å². The number of fused-ring (bicyclic) bond motifs is 1. The van der Waals surface area contributed by atoms with Crippen LogP contribution in [0.4, 0.5) is 0 Å². The van der Waals surface area contributed by atoms with Crippen LogP contribution in [0.5, 0.6) is 0 Å². The summed E-state index contributed by atoms with van der Waals surface area (Å²) in [6.07, 6.45) is 3.35. The van der Waals surface area contributed by atoms with Crippen LogP contribution in [0, 0.1) is 13.8 Å². The zero-order valence-electron chi connectivity index (χ0n) is 7.59. The van der Waals surface area contributed by atoms with Crippen molar-refractivity contribution < 1.29 is 0 Å². The number of pyridine rings is 2. The lowest BCUT2D eigenvalue weighted by Gasteiger charge is -2.00. The zero-order chi connectivity index (χ0) is 9.42. The molecule has 0 radical (unpaired) electrons. The van der Waals surface area contributed by atoms with Crippen LogP contribution in [-0.4, -0.2) is 9.97 Å². The Balaban J connectivity index is 3.01. The number of aromatic amines is 1. The first-order valence-corrected chi connectivity index (χ1v) is 4.13. The van der Waals surface area contributed by atoms with Crippen LogP contribution in [0.15, 0.2) is 23.3 Å². The maximum absolute atomic E-state index is 11.3. The summed E-state index contributed by atoms with van der Waals surface area (Å²) in [5, 5.41) is 1.64. The lowest BCUT2D eigenvalue weighted by Crippen LogP contribution is -2.06. The SMILES string of the molecule is Cc1cc2c(C)c[nH]c(=O)c2cn1. The molecule has 2 heterocycles. The van der Waals surface area contributed by atoms with Crippen LogP contribution in [0.2, 0.25) is 0 Å². The van der Waals surface area contributed by atoms with Crippen LogP contribution < -0.4 is 5.56 Å². The summed E-state index contributed by atoms with van der Waals surface area (Å²) in [6, 6.07) is 1.93. The lowest BCUT2D eigenvalue weighted by molar-refractivity contribution is 1.19. The maximum atomic E-state index is 11.3. The summed E-state index contributed by atoms with van der Waals surface area (Å²) in [5.41, 5.74) is 1.93. The van der Waals surface area contributed by atoms with Gasteiger partial charge in [-0.05, 0) is 30.9 Å². The van der Waals surface area contributed by atoms with Crippen molar-refractivity contribution in [3.8, 4) is 0 Å². The highest BCUT2D eigenvalue weighted by atomic mass is 16.1. The Kier molecular flexibility index (Phi) is 1.65. The van der Waals surface area contributed by atoms with Gasteiger partial charge in [-0.2, -0.15) is 0 Å². The van der Waals surface area contributed by atoms with Crippen molar-refractivity contribution in [2.24, 2.45) is 0 Å². The van der Waals surface area contributed by atoms with Gasteiger partial charge in [0.15, 0.2) is 0 Å². The number of hydrogen-bond acceptors (Lipinski definition) is 2. The van der Waals surface area contributed by atoms with E-state index >= 15 is 0 Å². The average molecular weight is 174 g/mol. The fraction of sp³-hybridized carbons (Fsp3) is 0.200. The van der Waals surface area contributed by atoms with E-state index in [1.54, 1.807) is 12.4 Å². The molecule has 13 heavy (non-hydrogen) atoms. The summed E-state index contributed by atoms with van der Waals surface area (Å²) in [5.74, 6) is 0.